The number of pyridine rings is 1. The second-order valence-electron chi connectivity index (χ2n) is 4.20. The molecule has 1 aromatic carbocycles. The van der Waals surface area contributed by atoms with Crippen molar-refractivity contribution in [2.75, 3.05) is 4.72 Å². The molecule has 0 aliphatic carbocycles. The number of sulfonamides is 1. The summed E-state index contributed by atoms with van der Waals surface area (Å²) in [6.07, 6.45) is 0.949. The molecule has 0 radical (unpaired) electrons. The number of aromatic nitrogens is 1. The van der Waals surface area contributed by atoms with Crippen LogP contribution in [0.1, 0.15) is 5.56 Å². The third-order valence-electron chi connectivity index (χ3n) is 2.58. The zero-order valence-electron chi connectivity index (χ0n) is 10.8. The van der Waals surface area contributed by atoms with E-state index in [0.29, 0.717) is 10.2 Å². The van der Waals surface area contributed by atoms with Crippen molar-refractivity contribution in [2.24, 2.45) is 0 Å². The highest BCUT2D eigenvalue weighted by Crippen LogP contribution is 2.26. The van der Waals surface area contributed by atoms with Gasteiger partial charge in [-0.3, -0.25) is 4.72 Å². The Kier molecular flexibility index (Phi) is 4.24. The van der Waals surface area contributed by atoms with Crippen LogP contribution in [0.3, 0.4) is 0 Å². The number of benzene rings is 1. The molecule has 2 aromatic rings. The lowest BCUT2D eigenvalue weighted by Crippen LogP contribution is -2.13. The van der Waals surface area contributed by atoms with Crippen molar-refractivity contribution in [2.45, 2.75) is 11.8 Å². The van der Waals surface area contributed by atoms with Gasteiger partial charge in [-0.05, 0) is 56.5 Å². The van der Waals surface area contributed by atoms with Crippen molar-refractivity contribution < 1.29 is 13.3 Å². The fraction of sp³-hybridized carbons (Fsp3) is 0.0833. The average molecular weight is 372 g/mol. The van der Waals surface area contributed by atoms with Crippen molar-refractivity contribution in [1.29, 1.82) is 0 Å². The summed E-state index contributed by atoms with van der Waals surface area (Å²) in [6, 6.07) is 7.40. The molecule has 0 atom stereocenters. The first-order valence-electron chi connectivity index (χ1n) is 5.69. The number of aryl methyl sites for hydroxylation is 1. The average Bonchev–Trinajstić information content (AvgIpc) is 2.43. The highest BCUT2D eigenvalue weighted by atomic mass is 79.9. The zero-order valence-corrected chi connectivity index (χ0v) is 13.2. The molecule has 1 N–H and O–H groups in total. The first-order chi connectivity index (χ1) is 9.79. The van der Waals surface area contributed by atoms with Gasteiger partial charge >= 0.3 is 5.82 Å². The van der Waals surface area contributed by atoms with E-state index in [1.165, 1.54) is 0 Å². The van der Waals surface area contributed by atoms with Gasteiger partial charge in [-0.2, -0.15) is 0 Å². The SMILES string of the molecule is Cc1ccc(Br)c(NS(=O)(=O)c2ccc([N+](=O)[O-])nc2)c1. The summed E-state index contributed by atoms with van der Waals surface area (Å²) >= 11 is 3.25. The molecule has 0 fully saturated rings. The smallest absolute Gasteiger partial charge is 0.358 e. The van der Waals surface area contributed by atoms with Crippen LogP contribution < -0.4 is 4.72 Å². The predicted octanol–water partition coefficient (Wildman–Crippen LogP) is 2.86. The van der Waals surface area contributed by atoms with Crippen molar-refractivity contribution in [3.63, 3.8) is 0 Å². The van der Waals surface area contributed by atoms with Crippen LogP contribution in [0.4, 0.5) is 11.5 Å². The van der Waals surface area contributed by atoms with Gasteiger partial charge in [0.25, 0.3) is 10.0 Å². The molecule has 7 nitrogen and oxygen atoms in total. The molecule has 1 heterocycles. The van der Waals surface area contributed by atoms with Crippen molar-refractivity contribution in [1.82, 2.24) is 4.98 Å². The van der Waals surface area contributed by atoms with Gasteiger partial charge in [0, 0.05) is 10.5 Å². The molecule has 0 aliphatic heterocycles. The van der Waals surface area contributed by atoms with Gasteiger partial charge < -0.3 is 10.1 Å². The standard InChI is InChI=1S/C12H10BrN3O4S/c1-8-2-4-10(13)11(6-8)15-21(19,20)9-3-5-12(14-7-9)16(17)18/h2-7,15H,1H3. The van der Waals surface area contributed by atoms with Crippen LogP contribution in [-0.2, 0) is 10.0 Å². The van der Waals surface area contributed by atoms with Crippen LogP contribution in [0, 0.1) is 17.0 Å². The van der Waals surface area contributed by atoms with Crippen LogP contribution >= 0.6 is 15.9 Å². The van der Waals surface area contributed by atoms with E-state index in [-0.39, 0.29) is 4.90 Å². The molecule has 110 valence electrons. The van der Waals surface area contributed by atoms with E-state index in [1.54, 1.807) is 12.1 Å². The van der Waals surface area contributed by atoms with Crippen molar-refractivity contribution >= 4 is 37.5 Å². The third-order valence-corrected chi connectivity index (χ3v) is 4.63. The molecule has 0 saturated heterocycles. The lowest BCUT2D eigenvalue weighted by Gasteiger charge is -2.09. The summed E-state index contributed by atoms with van der Waals surface area (Å²) in [5.74, 6) is -0.411. The number of nitro groups is 1. The summed E-state index contributed by atoms with van der Waals surface area (Å²) in [6.45, 7) is 1.83. The maximum atomic E-state index is 12.2. The van der Waals surface area contributed by atoms with E-state index < -0.39 is 20.8 Å². The Labute approximate surface area is 129 Å². The summed E-state index contributed by atoms with van der Waals surface area (Å²) in [5.41, 5.74) is 1.27. The van der Waals surface area contributed by atoms with Crippen LogP contribution in [0.5, 0.6) is 0 Å². The van der Waals surface area contributed by atoms with Crippen LogP contribution in [0.2, 0.25) is 0 Å². The lowest BCUT2D eigenvalue weighted by molar-refractivity contribution is -0.389. The minimum absolute atomic E-state index is 0.151. The summed E-state index contributed by atoms with van der Waals surface area (Å²) in [4.78, 5) is 13.2. The molecular weight excluding hydrogens is 362 g/mol. The van der Waals surface area contributed by atoms with Crippen LogP contribution in [-0.4, -0.2) is 18.3 Å². The van der Waals surface area contributed by atoms with Gasteiger partial charge in [0.2, 0.25) is 0 Å². The summed E-state index contributed by atoms with van der Waals surface area (Å²) in [5, 5.41) is 10.5. The zero-order chi connectivity index (χ0) is 15.6. The summed E-state index contributed by atoms with van der Waals surface area (Å²) < 4.78 is 27.4. The Morgan fingerprint density at radius 2 is 2.00 bits per heavy atom. The van der Waals surface area contributed by atoms with Gasteiger partial charge in [-0.15, -0.1) is 0 Å². The van der Waals surface area contributed by atoms with Gasteiger partial charge in [0.15, 0.2) is 6.20 Å². The number of nitrogens with one attached hydrogen (secondary N) is 1. The molecule has 0 amide bonds. The normalized spacial score (nSPS) is 11.1. The van der Waals surface area contributed by atoms with Gasteiger partial charge in [-0.1, -0.05) is 6.07 Å². The molecule has 0 saturated carbocycles. The van der Waals surface area contributed by atoms with Gasteiger partial charge in [0.05, 0.1) is 5.69 Å². The van der Waals surface area contributed by atoms with E-state index >= 15 is 0 Å². The van der Waals surface area contributed by atoms with Crippen molar-refractivity contribution in [3.05, 3.63) is 56.7 Å². The topological polar surface area (TPSA) is 102 Å². The molecular formula is C12H10BrN3O4S. The van der Waals surface area contributed by atoms with Crippen molar-refractivity contribution in [3.8, 4) is 0 Å². The Bertz CT molecular complexity index is 791. The maximum absolute atomic E-state index is 12.2. The molecule has 0 unspecified atom stereocenters. The summed E-state index contributed by atoms with van der Waals surface area (Å²) in [7, 11) is -3.86. The van der Waals surface area contributed by atoms with E-state index in [2.05, 4.69) is 25.6 Å². The molecule has 21 heavy (non-hydrogen) atoms. The fourth-order valence-electron chi connectivity index (χ4n) is 1.56. The number of hydrogen-bond acceptors (Lipinski definition) is 5. The van der Waals surface area contributed by atoms with Crippen LogP contribution in [0.15, 0.2) is 45.9 Å². The van der Waals surface area contributed by atoms with Gasteiger partial charge in [-0.25, -0.2) is 8.42 Å². The van der Waals surface area contributed by atoms with E-state index in [1.807, 2.05) is 13.0 Å². The Balaban J connectivity index is 2.34. The maximum Gasteiger partial charge on any atom is 0.363 e. The second-order valence-corrected chi connectivity index (χ2v) is 6.73. The van der Waals surface area contributed by atoms with Crippen LogP contribution in [0.25, 0.3) is 0 Å². The quantitative estimate of drug-likeness (QED) is 0.657. The molecule has 1 aromatic heterocycles. The molecule has 0 bridgehead atoms. The number of anilines is 1. The highest BCUT2D eigenvalue weighted by Gasteiger charge is 2.19. The molecule has 0 spiro atoms. The Hall–Kier alpha value is -2.00. The van der Waals surface area contributed by atoms with E-state index in [9.17, 15) is 18.5 Å². The Morgan fingerprint density at radius 3 is 2.57 bits per heavy atom. The largest absolute Gasteiger partial charge is 0.363 e. The first-order valence-corrected chi connectivity index (χ1v) is 7.96. The molecule has 2 rings (SSSR count). The molecule has 0 aliphatic rings. The number of rotatable bonds is 4. The van der Waals surface area contributed by atoms with E-state index in [0.717, 1.165) is 23.9 Å². The number of nitrogens with zero attached hydrogens (tertiary/aromatic N) is 2. The lowest BCUT2D eigenvalue weighted by atomic mass is 10.2. The number of hydrogen-bond donors (Lipinski definition) is 1. The second kappa shape index (κ2) is 5.78. The predicted molar refractivity (Wildman–Crippen MR) is 80.6 cm³/mol. The monoisotopic (exact) mass is 371 g/mol. The molecule has 9 heteroatoms. The fourth-order valence-corrected chi connectivity index (χ4v) is 3.05. The minimum atomic E-state index is -3.86. The number of halogens is 1. The van der Waals surface area contributed by atoms with Gasteiger partial charge in [0.1, 0.15) is 4.90 Å². The Morgan fingerprint density at radius 1 is 1.29 bits per heavy atom. The minimum Gasteiger partial charge on any atom is -0.358 e. The third kappa shape index (κ3) is 3.56. The van der Waals surface area contributed by atoms with E-state index in [4.69, 9.17) is 0 Å². The highest BCUT2D eigenvalue weighted by molar-refractivity contribution is 9.10. The first kappa shape index (κ1) is 15.4.